The fourth-order valence-electron chi connectivity index (χ4n) is 4.34. The molecule has 0 bridgehead atoms. The molecule has 0 aliphatic rings. The average Bonchev–Trinajstić information content (AvgIpc) is 2.86. The summed E-state index contributed by atoms with van der Waals surface area (Å²) in [6.45, 7) is 4.78. The number of nitrogens with one attached hydrogen (secondary N) is 1. The number of carbonyl (C=O) groups excluding carboxylic acids is 1. The Morgan fingerprint density at radius 3 is 2.14 bits per heavy atom. The highest BCUT2D eigenvalue weighted by molar-refractivity contribution is 6.11. The van der Waals surface area contributed by atoms with Gasteiger partial charge in [-0.3, -0.25) is 4.79 Å². The molecule has 0 heterocycles. The van der Waals surface area contributed by atoms with Crippen LogP contribution in [0.3, 0.4) is 0 Å². The maximum absolute atomic E-state index is 13.0. The molecule has 0 radical (unpaired) electrons. The van der Waals surface area contributed by atoms with E-state index < -0.39 is 5.91 Å². The third-order valence-electron chi connectivity index (χ3n) is 6.38. The largest absolute Gasteiger partial charge is 0.507 e. The Labute approximate surface area is 209 Å². The van der Waals surface area contributed by atoms with Crippen LogP contribution in [0.15, 0.2) is 48.5 Å². The Balaban J connectivity index is 1.53. The number of benzene rings is 3. The number of aromatic hydroxyl groups is 2. The number of unbranched alkanes of at least 4 members (excludes halogenated alkanes) is 9. The topological polar surface area (TPSA) is 78.8 Å². The van der Waals surface area contributed by atoms with Crippen molar-refractivity contribution < 1.29 is 19.7 Å². The van der Waals surface area contributed by atoms with Gasteiger partial charge in [0.05, 0.1) is 17.9 Å². The second-order valence-corrected chi connectivity index (χ2v) is 9.32. The highest BCUT2D eigenvalue weighted by Crippen LogP contribution is 2.36. The minimum atomic E-state index is -0.502. The SMILES string of the molecule is CCCCCCCCCCCCOc1ccc(C)cc1NC(=O)c1cc(O)c2ccccc2c1O. The van der Waals surface area contributed by atoms with E-state index >= 15 is 0 Å². The van der Waals surface area contributed by atoms with E-state index in [1.165, 1.54) is 57.4 Å². The van der Waals surface area contributed by atoms with Crippen molar-refractivity contribution in [2.45, 2.75) is 78.1 Å². The van der Waals surface area contributed by atoms with Gasteiger partial charge in [-0.2, -0.15) is 0 Å². The van der Waals surface area contributed by atoms with Gasteiger partial charge in [-0.25, -0.2) is 0 Å². The van der Waals surface area contributed by atoms with Crippen LogP contribution in [0.4, 0.5) is 5.69 Å². The van der Waals surface area contributed by atoms with E-state index in [0.29, 0.717) is 28.8 Å². The Morgan fingerprint density at radius 2 is 1.46 bits per heavy atom. The molecule has 5 nitrogen and oxygen atoms in total. The summed E-state index contributed by atoms with van der Waals surface area (Å²) in [6.07, 6.45) is 12.6. The average molecular weight is 478 g/mol. The Bertz CT molecular complexity index is 1110. The molecule has 5 heteroatoms. The van der Waals surface area contributed by atoms with Crippen molar-refractivity contribution in [1.82, 2.24) is 0 Å². The van der Waals surface area contributed by atoms with Crippen LogP contribution in [0.1, 0.15) is 87.1 Å². The van der Waals surface area contributed by atoms with E-state index in [9.17, 15) is 15.0 Å². The van der Waals surface area contributed by atoms with E-state index in [4.69, 9.17) is 4.74 Å². The monoisotopic (exact) mass is 477 g/mol. The second kappa shape index (κ2) is 13.6. The predicted molar refractivity (Wildman–Crippen MR) is 144 cm³/mol. The number of phenols is 2. The van der Waals surface area contributed by atoms with Crippen LogP contribution in [-0.2, 0) is 0 Å². The highest BCUT2D eigenvalue weighted by Gasteiger charge is 2.18. The van der Waals surface area contributed by atoms with E-state index in [1.54, 1.807) is 24.3 Å². The van der Waals surface area contributed by atoms with Crippen molar-refractivity contribution in [2.75, 3.05) is 11.9 Å². The normalized spacial score (nSPS) is 11.0. The van der Waals surface area contributed by atoms with Crippen molar-refractivity contribution in [3.8, 4) is 17.2 Å². The number of ether oxygens (including phenoxy) is 1. The van der Waals surface area contributed by atoms with Gasteiger partial charge >= 0.3 is 0 Å². The first-order valence-corrected chi connectivity index (χ1v) is 13.0. The highest BCUT2D eigenvalue weighted by atomic mass is 16.5. The van der Waals surface area contributed by atoms with Crippen molar-refractivity contribution in [2.24, 2.45) is 0 Å². The lowest BCUT2D eigenvalue weighted by molar-refractivity contribution is 0.102. The maximum atomic E-state index is 13.0. The zero-order valence-corrected chi connectivity index (χ0v) is 21.1. The Kier molecular flexibility index (Phi) is 10.3. The number of hydrogen-bond donors (Lipinski definition) is 3. The molecule has 35 heavy (non-hydrogen) atoms. The van der Waals surface area contributed by atoms with Gasteiger partial charge in [0, 0.05) is 10.8 Å². The van der Waals surface area contributed by atoms with E-state index in [-0.39, 0.29) is 17.1 Å². The van der Waals surface area contributed by atoms with Gasteiger partial charge in [-0.05, 0) is 37.1 Å². The molecule has 188 valence electrons. The summed E-state index contributed by atoms with van der Waals surface area (Å²) in [5.41, 5.74) is 1.55. The minimum absolute atomic E-state index is 0.0170. The van der Waals surface area contributed by atoms with Crippen molar-refractivity contribution in [1.29, 1.82) is 0 Å². The van der Waals surface area contributed by atoms with Crippen LogP contribution in [0.5, 0.6) is 17.2 Å². The molecule has 0 unspecified atom stereocenters. The molecular formula is C30H39NO4. The first kappa shape index (κ1) is 26.4. The summed E-state index contributed by atoms with van der Waals surface area (Å²) in [5.74, 6) is -0.107. The van der Waals surface area contributed by atoms with Gasteiger partial charge in [-0.15, -0.1) is 0 Å². The van der Waals surface area contributed by atoms with Crippen LogP contribution in [0.2, 0.25) is 0 Å². The molecule has 0 fully saturated rings. The van der Waals surface area contributed by atoms with Crippen LogP contribution in [-0.4, -0.2) is 22.7 Å². The Morgan fingerprint density at radius 1 is 0.829 bits per heavy atom. The van der Waals surface area contributed by atoms with E-state index in [2.05, 4.69) is 12.2 Å². The molecule has 3 aromatic carbocycles. The minimum Gasteiger partial charge on any atom is -0.507 e. The molecular weight excluding hydrogens is 438 g/mol. The second-order valence-electron chi connectivity index (χ2n) is 9.32. The number of carbonyl (C=O) groups is 1. The third-order valence-corrected chi connectivity index (χ3v) is 6.38. The zero-order chi connectivity index (χ0) is 25.0. The lowest BCUT2D eigenvalue weighted by Gasteiger charge is -2.15. The molecule has 1 amide bonds. The summed E-state index contributed by atoms with van der Waals surface area (Å²) in [7, 11) is 0. The summed E-state index contributed by atoms with van der Waals surface area (Å²) < 4.78 is 6.00. The number of aryl methyl sites for hydroxylation is 1. The van der Waals surface area contributed by atoms with Crippen molar-refractivity contribution in [3.05, 3.63) is 59.7 Å². The van der Waals surface area contributed by atoms with Crippen LogP contribution < -0.4 is 10.1 Å². The lowest BCUT2D eigenvalue weighted by atomic mass is 10.0. The fourth-order valence-corrected chi connectivity index (χ4v) is 4.34. The predicted octanol–water partition coefficient (Wildman–Crippen LogP) is 8.11. The van der Waals surface area contributed by atoms with Gasteiger partial charge in [0.2, 0.25) is 0 Å². The maximum Gasteiger partial charge on any atom is 0.259 e. The number of hydrogen-bond acceptors (Lipinski definition) is 4. The van der Waals surface area contributed by atoms with Gasteiger partial charge in [0.1, 0.15) is 17.2 Å². The number of fused-ring (bicyclic) bond motifs is 1. The number of rotatable bonds is 14. The number of amides is 1. The first-order chi connectivity index (χ1) is 17.0. The van der Waals surface area contributed by atoms with Gasteiger partial charge in [0.25, 0.3) is 5.91 Å². The molecule has 0 aromatic heterocycles. The first-order valence-electron chi connectivity index (χ1n) is 13.0. The lowest BCUT2D eigenvalue weighted by Crippen LogP contribution is -2.14. The molecule has 0 aliphatic heterocycles. The van der Waals surface area contributed by atoms with Crippen molar-refractivity contribution in [3.63, 3.8) is 0 Å². The van der Waals surface area contributed by atoms with E-state index in [0.717, 1.165) is 18.4 Å². The number of phenolic OH excluding ortho intramolecular Hbond substituents is 2. The molecule has 3 rings (SSSR count). The standard InChI is InChI=1S/C30H39NO4/c1-3-4-5-6-7-8-9-10-11-14-19-35-28-18-17-22(2)20-26(28)31-30(34)25-21-27(32)23-15-12-13-16-24(23)29(25)33/h12-13,15-18,20-21,32-33H,3-11,14,19H2,1-2H3,(H,31,34). The van der Waals surface area contributed by atoms with E-state index in [1.807, 2.05) is 25.1 Å². The fraction of sp³-hybridized carbons (Fsp3) is 0.433. The summed E-state index contributed by atoms with van der Waals surface area (Å²) in [4.78, 5) is 13.0. The summed E-state index contributed by atoms with van der Waals surface area (Å²) in [5, 5.41) is 24.8. The molecule has 3 N–H and O–H groups in total. The van der Waals surface area contributed by atoms with Crippen LogP contribution >= 0.6 is 0 Å². The third kappa shape index (κ3) is 7.64. The Hall–Kier alpha value is -3.21. The van der Waals surface area contributed by atoms with Gasteiger partial charge in [0.15, 0.2) is 0 Å². The quantitative estimate of drug-likeness (QED) is 0.162. The van der Waals surface area contributed by atoms with Crippen molar-refractivity contribution >= 4 is 22.4 Å². The molecule has 0 saturated heterocycles. The molecule has 0 aliphatic carbocycles. The van der Waals surface area contributed by atoms with Crippen LogP contribution in [0.25, 0.3) is 10.8 Å². The molecule has 0 atom stereocenters. The molecule has 0 saturated carbocycles. The van der Waals surface area contributed by atoms with Gasteiger partial charge < -0.3 is 20.3 Å². The molecule has 3 aromatic rings. The number of anilines is 1. The summed E-state index contributed by atoms with van der Waals surface area (Å²) >= 11 is 0. The summed E-state index contributed by atoms with van der Waals surface area (Å²) in [6, 6.07) is 13.9. The smallest absolute Gasteiger partial charge is 0.259 e. The molecule has 0 spiro atoms. The van der Waals surface area contributed by atoms with Crippen LogP contribution in [0, 0.1) is 6.92 Å². The zero-order valence-electron chi connectivity index (χ0n) is 21.1. The van der Waals surface area contributed by atoms with Gasteiger partial charge in [-0.1, -0.05) is 95.0 Å².